The minimum atomic E-state index is -5.39. The van der Waals surface area contributed by atoms with Crippen molar-refractivity contribution in [3.05, 3.63) is 0 Å². The molecule has 0 aliphatic rings. The van der Waals surface area contributed by atoms with E-state index in [1.807, 2.05) is 0 Å². The molecule has 0 heterocycles. The van der Waals surface area contributed by atoms with Gasteiger partial charge in [-0.15, -0.1) is 0 Å². The molecule has 0 aromatic rings. The normalized spacial score (nSPS) is 6.92. The molecule has 0 amide bonds. The van der Waals surface area contributed by atoms with Gasteiger partial charge in [0.05, 0.1) is 0 Å². The number of carbonyl (C=O) groups excluding carboxylic acids is 1. The number of phosphoric acid groups is 1. The molecule has 0 spiro atoms. The first kappa shape index (κ1) is 29.4. The molecule has 0 aromatic heterocycles. The van der Waals surface area contributed by atoms with Crippen LogP contribution in [0.3, 0.4) is 0 Å². The summed E-state index contributed by atoms with van der Waals surface area (Å²) in [7, 11) is -5.39. The Balaban J connectivity index is -0.0000000221. The first-order valence-electron chi connectivity index (χ1n) is 1.34. The predicted octanol–water partition coefficient (Wildman–Crippen LogP) is -8.83. The van der Waals surface area contributed by atoms with Crippen molar-refractivity contribution in [2.75, 3.05) is 0 Å². The summed E-state index contributed by atoms with van der Waals surface area (Å²) >= 11 is 0. The topological polar surface area (TPSA) is 179 Å². The second-order valence-corrected chi connectivity index (χ2v) is 1.59. The van der Waals surface area contributed by atoms with E-state index in [4.69, 9.17) is 34.3 Å². The molecule has 0 aliphatic heterocycles. The Bertz CT molecular complexity index is 119. The fourth-order valence-corrected chi connectivity index (χ4v) is 0. The van der Waals surface area contributed by atoms with Gasteiger partial charge in [-0.05, 0) is 6.16 Å². The third-order valence-electron chi connectivity index (χ3n) is 0. The maximum Gasteiger partial charge on any atom is 2.00 e. The van der Waals surface area contributed by atoms with E-state index in [0.717, 1.165) is 0 Å². The molecule has 72 valence electrons. The minimum Gasteiger partial charge on any atom is -1.00 e. The second kappa shape index (κ2) is 14.1. The number of hydrogen-bond acceptors (Lipinski definition) is 8. The van der Waals surface area contributed by atoms with Crippen molar-refractivity contribution >= 4 is 51.7 Å². The van der Waals surface area contributed by atoms with E-state index in [-0.39, 0.29) is 47.9 Å². The molecular formula is CHCaFO8P-5. The molecule has 0 saturated carbocycles. The number of carbonyl (C=O) groups is 1. The van der Waals surface area contributed by atoms with Crippen LogP contribution in [0.5, 0.6) is 0 Å². The van der Waals surface area contributed by atoms with Gasteiger partial charge in [0.2, 0.25) is 0 Å². The summed E-state index contributed by atoms with van der Waals surface area (Å²) in [5, 5.41) is 16.7. The summed E-state index contributed by atoms with van der Waals surface area (Å²) in [6.45, 7) is 0. The summed E-state index contributed by atoms with van der Waals surface area (Å²) in [6, 6.07) is 0. The molecule has 8 nitrogen and oxygen atoms in total. The molecule has 0 bridgehead atoms. The van der Waals surface area contributed by atoms with E-state index < -0.39 is 14.0 Å². The van der Waals surface area contributed by atoms with Crippen molar-refractivity contribution in [1.29, 1.82) is 0 Å². The Morgan fingerprint density at radius 2 is 1.08 bits per heavy atom. The molecule has 0 saturated heterocycles. The maximum atomic E-state index is 8.55. The van der Waals surface area contributed by atoms with E-state index in [1.54, 1.807) is 0 Å². The minimum absolute atomic E-state index is 0. The van der Waals surface area contributed by atoms with Crippen molar-refractivity contribution in [2.45, 2.75) is 0 Å². The third-order valence-corrected chi connectivity index (χ3v) is 0. The van der Waals surface area contributed by atoms with E-state index in [9.17, 15) is 0 Å². The van der Waals surface area contributed by atoms with Crippen molar-refractivity contribution in [2.24, 2.45) is 0 Å². The van der Waals surface area contributed by atoms with Gasteiger partial charge in [0.15, 0.2) is 0 Å². The van der Waals surface area contributed by atoms with Crippen LogP contribution in [0.2, 0.25) is 0 Å². The van der Waals surface area contributed by atoms with Crippen LogP contribution in [0.4, 0.5) is 4.79 Å². The molecule has 0 radical (unpaired) electrons. The maximum absolute atomic E-state index is 8.55. The average molecular weight is 231 g/mol. The molecule has 0 atom stereocenters. The van der Waals surface area contributed by atoms with Gasteiger partial charge in [0, 0.05) is 0 Å². The van der Waals surface area contributed by atoms with Gasteiger partial charge in [-0.1, -0.05) is 0 Å². The zero-order valence-electron chi connectivity index (χ0n) is 5.34. The molecule has 0 fully saturated rings. The molecule has 0 aliphatic carbocycles. The fourth-order valence-electron chi connectivity index (χ4n) is 0. The molecule has 1 N–H and O–H groups in total. The smallest absolute Gasteiger partial charge is 1.00 e. The molecular weight excluding hydrogens is 230 g/mol. The summed E-state index contributed by atoms with van der Waals surface area (Å²) < 4.78 is 8.55. The van der Waals surface area contributed by atoms with Crippen LogP contribution in [0.1, 0.15) is 0 Å². The largest absolute Gasteiger partial charge is 2.00 e. The third kappa shape index (κ3) is 3410. The number of hydrogen-bond donors (Lipinski definition) is 0. The van der Waals surface area contributed by atoms with Crippen LogP contribution in [0.25, 0.3) is 0 Å². The zero-order valence-corrected chi connectivity index (χ0v) is 8.44. The summed E-state index contributed by atoms with van der Waals surface area (Å²) in [6.07, 6.45) is -2.33. The van der Waals surface area contributed by atoms with Crippen LogP contribution in [0.15, 0.2) is 0 Å². The van der Waals surface area contributed by atoms with Crippen LogP contribution >= 0.6 is 7.82 Å². The van der Waals surface area contributed by atoms with Gasteiger partial charge in [0.25, 0.3) is 0 Å². The van der Waals surface area contributed by atoms with Crippen molar-refractivity contribution < 1.29 is 44.4 Å². The average Bonchev–Trinajstić information content (AvgIpc) is 1.19. The first-order chi connectivity index (χ1) is 3.73. The van der Waals surface area contributed by atoms with Crippen LogP contribution in [0, 0.1) is 0 Å². The van der Waals surface area contributed by atoms with Gasteiger partial charge in [-0.2, -0.15) is 7.82 Å². The zero-order chi connectivity index (χ0) is 8.08. The first-order valence-corrected chi connectivity index (χ1v) is 2.80. The van der Waals surface area contributed by atoms with Gasteiger partial charge in [0.1, 0.15) is 0 Å². The van der Waals surface area contributed by atoms with E-state index in [1.165, 1.54) is 0 Å². The Kier molecular flexibility index (Phi) is 34.5. The fraction of sp³-hybridized carbons (Fsp3) is 0. The Labute approximate surface area is 95.8 Å². The second-order valence-electron chi connectivity index (χ2n) is 0.697. The van der Waals surface area contributed by atoms with Crippen molar-refractivity contribution in [1.82, 2.24) is 0 Å². The summed E-state index contributed by atoms with van der Waals surface area (Å²) in [5.41, 5.74) is 0. The standard InChI is InChI=1S/CH2O3.Ca.FH.H3O4P.H2O/c2-1(3)4;;;1-5(2,3)4;/h(H2,2,3,4);;1H;(H3,1,2,3,4);1H2/q;+2;;;/p-7. The molecule has 12 heavy (non-hydrogen) atoms. The van der Waals surface area contributed by atoms with Gasteiger partial charge in [-0.25, -0.2) is 0 Å². The summed E-state index contributed by atoms with van der Waals surface area (Å²) in [4.78, 5) is 34.0. The van der Waals surface area contributed by atoms with E-state index >= 15 is 0 Å². The van der Waals surface area contributed by atoms with Gasteiger partial charge in [-0.3, -0.25) is 0 Å². The molecule has 0 unspecified atom stereocenters. The van der Waals surface area contributed by atoms with Gasteiger partial charge >= 0.3 is 37.7 Å². The van der Waals surface area contributed by atoms with Crippen LogP contribution in [-0.4, -0.2) is 49.4 Å². The number of carboxylic acid groups (broad SMARTS) is 2. The monoisotopic (exact) mass is 231 g/mol. The van der Waals surface area contributed by atoms with Crippen LogP contribution in [-0.2, 0) is 4.57 Å². The summed E-state index contributed by atoms with van der Waals surface area (Å²) in [5.74, 6) is 0. The Morgan fingerprint density at radius 3 is 1.08 bits per heavy atom. The Morgan fingerprint density at radius 1 is 1.08 bits per heavy atom. The number of rotatable bonds is 0. The molecule has 0 aromatic carbocycles. The van der Waals surface area contributed by atoms with Crippen molar-refractivity contribution in [3.8, 4) is 0 Å². The molecule has 0 rings (SSSR count). The Hall–Kier alpha value is 0.530. The van der Waals surface area contributed by atoms with E-state index in [2.05, 4.69) is 0 Å². The van der Waals surface area contributed by atoms with E-state index in [0.29, 0.717) is 0 Å². The SMILES string of the molecule is O=C([O-])[O-].O=P([O-])([O-])[O-].[Ca+2].[F-].[OH-]. The molecule has 11 heteroatoms. The van der Waals surface area contributed by atoms with Crippen LogP contribution < -0.4 is 29.6 Å². The quantitative estimate of drug-likeness (QED) is 0.291. The van der Waals surface area contributed by atoms with Gasteiger partial charge < -0.3 is 44.4 Å². The van der Waals surface area contributed by atoms with Crippen molar-refractivity contribution in [3.63, 3.8) is 0 Å². The number of halogens is 1. The predicted molar refractivity (Wildman–Crippen MR) is 20.7 cm³/mol.